The zero-order valence-electron chi connectivity index (χ0n) is 16.2. The lowest BCUT2D eigenvalue weighted by molar-refractivity contribution is 0.0993. The molecule has 0 saturated heterocycles. The molecule has 0 radical (unpaired) electrons. The molecular formula is C25H16N2O4. The highest BCUT2D eigenvalue weighted by atomic mass is 16.3. The Morgan fingerprint density at radius 2 is 1.29 bits per heavy atom. The Kier molecular flexibility index (Phi) is 4.45. The van der Waals surface area contributed by atoms with Crippen molar-refractivity contribution in [1.82, 2.24) is 0 Å². The lowest BCUT2D eigenvalue weighted by Gasteiger charge is -2.08. The number of nitrogens with one attached hydrogen (secondary N) is 2. The van der Waals surface area contributed by atoms with Crippen LogP contribution >= 0.6 is 0 Å². The molecule has 1 aromatic heterocycles. The Balaban J connectivity index is 1.30. The third kappa shape index (κ3) is 3.40. The molecule has 0 atom stereocenters. The number of ketones is 1. The summed E-state index contributed by atoms with van der Waals surface area (Å²) >= 11 is 0. The highest BCUT2D eigenvalue weighted by Crippen LogP contribution is 2.36. The van der Waals surface area contributed by atoms with Crippen LogP contribution in [0.2, 0.25) is 0 Å². The molecule has 0 fully saturated rings. The number of carbonyl (C=O) groups excluding carboxylic acids is 3. The Hall–Kier alpha value is -4.45. The van der Waals surface area contributed by atoms with Gasteiger partial charge in [0, 0.05) is 28.1 Å². The van der Waals surface area contributed by atoms with Gasteiger partial charge in [-0.15, -0.1) is 0 Å². The fourth-order valence-corrected chi connectivity index (χ4v) is 3.61. The van der Waals surface area contributed by atoms with Crippen molar-refractivity contribution in [3.63, 3.8) is 0 Å². The normalized spacial score (nSPS) is 11.5. The molecule has 0 spiro atoms. The van der Waals surface area contributed by atoms with Crippen molar-refractivity contribution in [2.24, 2.45) is 0 Å². The third-order valence-corrected chi connectivity index (χ3v) is 5.13. The first-order valence-electron chi connectivity index (χ1n) is 9.64. The third-order valence-electron chi connectivity index (χ3n) is 5.13. The SMILES string of the molecule is O=C(Nc1ccc(NC(=O)c2ccco2)cc1)c1ccc2c(c1)C(=O)c1ccccc1-2. The molecule has 2 amide bonds. The van der Waals surface area contributed by atoms with E-state index in [1.54, 1.807) is 60.7 Å². The molecule has 4 aromatic rings. The van der Waals surface area contributed by atoms with E-state index in [4.69, 9.17) is 4.42 Å². The minimum absolute atomic E-state index is 0.0723. The second-order valence-electron chi connectivity index (χ2n) is 7.10. The predicted octanol–water partition coefficient (Wildman–Crippen LogP) is 5.00. The Morgan fingerprint density at radius 1 is 0.645 bits per heavy atom. The zero-order valence-corrected chi connectivity index (χ0v) is 16.2. The molecule has 31 heavy (non-hydrogen) atoms. The molecule has 6 heteroatoms. The van der Waals surface area contributed by atoms with Gasteiger partial charge in [0.1, 0.15) is 0 Å². The van der Waals surface area contributed by atoms with Crippen molar-refractivity contribution < 1.29 is 18.8 Å². The van der Waals surface area contributed by atoms with Gasteiger partial charge in [0.2, 0.25) is 0 Å². The van der Waals surface area contributed by atoms with Crippen LogP contribution in [-0.4, -0.2) is 17.6 Å². The number of amides is 2. The summed E-state index contributed by atoms with van der Waals surface area (Å²) in [6.07, 6.45) is 1.43. The largest absolute Gasteiger partial charge is 0.459 e. The van der Waals surface area contributed by atoms with Gasteiger partial charge in [0.15, 0.2) is 11.5 Å². The second kappa shape index (κ2) is 7.42. The Morgan fingerprint density at radius 3 is 1.97 bits per heavy atom. The highest BCUT2D eigenvalue weighted by Gasteiger charge is 2.27. The first-order valence-corrected chi connectivity index (χ1v) is 9.64. The monoisotopic (exact) mass is 408 g/mol. The van der Waals surface area contributed by atoms with Gasteiger partial charge in [0.25, 0.3) is 11.8 Å². The lowest BCUT2D eigenvalue weighted by Crippen LogP contribution is -2.13. The molecule has 0 unspecified atom stereocenters. The van der Waals surface area contributed by atoms with Crippen molar-refractivity contribution in [2.45, 2.75) is 0 Å². The Labute approximate surface area is 177 Å². The zero-order chi connectivity index (χ0) is 21.4. The van der Waals surface area contributed by atoms with Crippen LogP contribution in [0.5, 0.6) is 0 Å². The molecule has 5 rings (SSSR count). The van der Waals surface area contributed by atoms with Crippen LogP contribution in [0, 0.1) is 0 Å². The van der Waals surface area contributed by atoms with Crippen molar-refractivity contribution in [1.29, 1.82) is 0 Å². The van der Waals surface area contributed by atoms with Crippen molar-refractivity contribution >= 4 is 29.0 Å². The van der Waals surface area contributed by atoms with Crippen LogP contribution in [0.3, 0.4) is 0 Å². The summed E-state index contributed by atoms with van der Waals surface area (Å²) in [6, 6.07) is 22.5. The molecular weight excluding hydrogens is 392 g/mol. The fraction of sp³-hybridized carbons (Fsp3) is 0. The van der Waals surface area contributed by atoms with Crippen LogP contribution in [0.1, 0.15) is 36.8 Å². The van der Waals surface area contributed by atoms with Gasteiger partial charge in [0.05, 0.1) is 6.26 Å². The smallest absolute Gasteiger partial charge is 0.291 e. The van der Waals surface area contributed by atoms with Gasteiger partial charge < -0.3 is 15.1 Å². The maximum Gasteiger partial charge on any atom is 0.291 e. The molecule has 1 aliphatic rings. The van der Waals surface area contributed by atoms with Gasteiger partial charge in [-0.2, -0.15) is 0 Å². The van der Waals surface area contributed by atoms with Crippen LogP contribution in [-0.2, 0) is 0 Å². The van der Waals surface area contributed by atoms with Crippen LogP contribution in [0.15, 0.2) is 89.5 Å². The minimum Gasteiger partial charge on any atom is -0.459 e. The topological polar surface area (TPSA) is 88.4 Å². The molecule has 0 saturated carbocycles. The van der Waals surface area contributed by atoms with Gasteiger partial charge in [-0.25, -0.2) is 0 Å². The molecule has 0 aliphatic heterocycles. The van der Waals surface area contributed by atoms with E-state index < -0.39 is 0 Å². The number of anilines is 2. The second-order valence-corrected chi connectivity index (χ2v) is 7.10. The van der Waals surface area contributed by atoms with Crippen molar-refractivity contribution in [3.8, 4) is 11.1 Å². The molecule has 1 aliphatic carbocycles. The van der Waals surface area contributed by atoms with E-state index in [0.29, 0.717) is 28.1 Å². The lowest BCUT2D eigenvalue weighted by atomic mass is 10.0. The number of benzene rings is 3. The van der Waals surface area contributed by atoms with Crippen LogP contribution in [0.25, 0.3) is 11.1 Å². The first kappa shape index (κ1) is 18.6. The standard InChI is InChI=1S/C25H16N2O4/c28-23-20-5-2-1-4-18(20)19-12-7-15(14-21(19)23)24(29)26-16-8-10-17(11-9-16)27-25(30)22-6-3-13-31-22/h1-14H,(H,26,29)(H,27,30). The number of rotatable bonds is 4. The van der Waals surface area contributed by atoms with E-state index in [-0.39, 0.29) is 23.4 Å². The van der Waals surface area contributed by atoms with E-state index >= 15 is 0 Å². The maximum atomic E-state index is 12.7. The average molecular weight is 408 g/mol. The van der Waals surface area contributed by atoms with Gasteiger partial charge in [-0.05, 0) is 59.7 Å². The Bertz CT molecular complexity index is 1320. The summed E-state index contributed by atoms with van der Waals surface area (Å²) in [4.78, 5) is 37.4. The number of furan rings is 1. The fourth-order valence-electron chi connectivity index (χ4n) is 3.61. The summed E-state index contributed by atoms with van der Waals surface area (Å²) in [5.74, 6) is -0.535. The molecule has 6 nitrogen and oxygen atoms in total. The summed E-state index contributed by atoms with van der Waals surface area (Å²) in [5, 5.41) is 5.53. The van der Waals surface area contributed by atoms with Crippen LogP contribution in [0.4, 0.5) is 11.4 Å². The summed E-state index contributed by atoms with van der Waals surface area (Å²) in [6.45, 7) is 0. The minimum atomic E-state index is -0.356. The molecule has 150 valence electrons. The number of hydrogen-bond donors (Lipinski definition) is 2. The quantitative estimate of drug-likeness (QED) is 0.438. The number of hydrogen-bond acceptors (Lipinski definition) is 4. The molecule has 2 N–H and O–H groups in total. The average Bonchev–Trinajstić information content (AvgIpc) is 3.43. The van der Waals surface area contributed by atoms with E-state index in [1.807, 2.05) is 18.2 Å². The maximum absolute atomic E-state index is 12.7. The van der Waals surface area contributed by atoms with Crippen molar-refractivity contribution in [2.75, 3.05) is 10.6 Å². The number of fused-ring (bicyclic) bond motifs is 3. The van der Waals surface area contributed by atoms with E-state index in [9.17, 15) is 14.4 Å². The molecule has 1 heterocycles. The molecule has 3 aromatic carbocycles. The van der Waals surface area contributed by atoms with Crippen molar-refractivity contribution in [3.05, 3.63) is 108 Å². The van der Waals surface area contributed by atoms with E-state index in [0.717, 1.165) is 11.1 Å². The first-order chi connectivity index (χ1) is 15.1. The van der Waals surface area contributed by atoms with Crippen LogP contribution < -0.4 is 10.6 Å². The molecule has 0 bridgehead atoms. The van der Waals surface area contributed by atoms with Gasteiger partial charge in [-0.3, -0.25) is 14.4 Å². The summed E-state index contributed by atoms with van der Waals surface area (Å²) in [5.41, 5.74) is 4.45. The van der Waals surface area contributed by atoms with Gasteiger partial charge >= 0.3 is 0 Å². The summed E-state index contributed by atoms with van der Waals surface area (Å²) < 4.78 is 5.06. The highest BCUT2D eigenvalue weighted by molar-refractivity contribution is 6.22. The number of carbonyl (C=O) groups is 3. The summed E-state index contributed by atoms with van der Waals surface area (Å²) in [7, 11) is 0. The van der Waals surface area contributed by atoms with Gasteiger partial charge in [-0.1, -0.05) is 30.3 Å². The van der Waals surface area contributed by atoms with E-state index in [2.05, 4.69) is 10.6 Å². The van der Waals surface area contributed by atoms with E-state index in [1.165, 1.54) is 6.26 Å². The predicted molar refractivity (Wildman–Crippen MR) is 116 cm³/mol.